The lowest BCUT2D eigenvalue weighted by Crippen LogP contribution is -2.44. The molecule has 0 unspecified atom stereocenters. The number of hydrogen-bond acceptors (Lipinski definition) is 7. The number of ether oxygens (including phenoxy) is 1. The van der Waals surface area contributed by atoms with Gasteiger partial charge in [0.25, 0.3) is 0 Å². The number of rotatable bonds is 16. The third kappa shape index (κ3) is 10.1. The maximum atomic E-state index is 13.1. The molecular weight excluding hydrogens is 525 g/mol. The number of benzene rings is 1. The Morgan fingerprint density at radius 3 is 2.66 bits per heavy atom. The van der Waals surface area contributed by atoms with Crippen LogP contribution in [0.15, 0.2) is 60.8 Å². The van der Waals surface area contributed by atoms with Gasteiger partial charge >= 0.3 is 5.97 Å². The first-order chi connectivity index (χ1) is 20.0. The van der Waals surface area contributed by atoms with Crippen molar-refractivity contribution in [2.75, 3.05) is 38.1 Å². The van der Waals surface area contributed by atoms with Gasteiger partial charge in [0.15, 0.2) is 0 Å². The molecular formula is C31H38FN5O4. The second kappa shape index (κ2) is 15.7. The Hall–Kier alpha value is -4.05. The lowest BCUT2D eigenvalue weighted by atomic mass is 10.1. The first kappa shape index (κ1) is 29.9. The monoisotopic (exact) mass is 563 g/mol. The molecule has 0 fully saturated rings. The Kier molecular flexibility index (Phi) is 11.4. The number of aryl methyl sites for hydroxylation is 2. The standard InChI is InChI=1S/C31H38FN5O4/c32-24-12-14-26(34-22-24)21-29(38)36-28(31(39)40)15-18-37(19-20-41-27-9-2-1-3-10-27)17-5-4-8-25-13-11-23-7-6-16-33-30(23)35-25/h1-3,9-14,22,28H,4-8,15-21H2,(H,33,35)(H,36,38)(H,39,40)/t28-/m0/s1. The molecule has 1 aliphatic rings. The summed E-state index contributed by atoms with van der Waals surface area (Å²) in [4.78, 5) is 35.2. The number of carboxylic acids is 1. The molecule has 0 spiro atoms. The molecule has 0 saturated carbocycles. The number of para-hydroxylation sites is 1. The van der Waals surface area contributed by atoms with Crippen LogP contribution in [0, 0.1) is 5.82 Å². The molecule has 2 aromatic heterocycles. The highest BCUT2D eigenvalue weighted by atomic mass is 19.1. The van der Waals surface area contributed by atoms with Gasteiger partial charge in [0.05, 0.1) is 12.6 Å². The van der Waals surface area contributed by atoms with Crippen molar-refractivity contribution in [1.82, 2.24) is 20.2 Å². The van der Waals surface area contributed by atoms with Crippen LogP contribution in [0.5, 0.6) is 5.75 Å². The van der Waals surface area contributed by atoms with Crippen molar-refractivity contribution in [3.63, 3.8) is 0 Å². The van der Waals surface area contributed by atoms with Crippen LogP contribution in [0.25, 0.3) is 0 Å². The van der Waals surface area contributed by atoms with Crippen LogP contribution in [0.3, 0.4) is 0 Å². The Morgan fingerprint density at radius 2 is 1.88 bits per heavy atom. The van der Waals surface area contributed by atoms with Gasteiger partial charge in [-0.1, -0.05) is 24.3 Å². The largest absolute Gasteiger partial charge is 0.492 e. The number of anilines is 1. The summed E-state index contributed by atoms with van der Waals surface area (Å²) in [5.41, 5.74) is 2.72. The minimum absolute atomic E-state index is 0.120. The molecule has 9 nitrogen and oxygen atoms in total. The minimum atomic E-state index is -1.10. The van der Waals surface area contributed by atoms with Crippen LogP contribution in [-0.2, 0) is 28.9 Å². The highest BCUT2D eigenvalue weighted by Crippen LogP contribution is 2.20. The van der Waals surface area contributed by atoms with Gasteiger partial charge in [0.1, 0.15) is 30.0 Å². The highest BCUT2D eigenvalue weighted by molar-refractivity contribution is 5.84. The minimum Gasteiger partial charge on any atom is -0.492 e. The van der Waals surface area contributed by atoms with Crippen LogP contribution in [-0.4, -0.2) is 70.7 Å². The first-order valence-electron chi connectivity index (χ1n) is 14.2. The third-order valence-electron chi connectivity index (χ3n) is 7.03. The summed E-state index contributed by atoms with van der Waals surface area (Å²) in [5.74, 6) is -0.277. The molecule has 1 aromatic carbocycles. The normalized spacial score (nSPS) is 13.2. The quantitative estimate of drug-likeness (QED) is 0.225. The molecule has 1 amide bonds. The van der Waals surface area contributed by atoms with Gasteiger partial charge in [-0.2, -0.15) is 0 Å². The summed E-state index contributed by atoms with van der Waals surface area (Å²) in [5, 5.41) is 15.7. The van der Waals surface area contributed by atoms with Gasteiger partial charge in [0.2, 0.25) is 5.91 Å². The van der Waals surface area contributed by atoms with E-state index in [1.807, 2.05) is 30.3 Å². The number of nitrogens with zero attached hydrogens (tertiary/aromatic N) is 3. The van der Waals surface area contributed by atoms with E-state index in [0.29, 0.717) is 25.4 Å². The zero-order chi connectivity index (χ0) is 28.9. The van der Waals surface area contributed by atoms with E-state index in [0.717, 1.165) is 68.7 Å². The van der Waals surface area contributed by atoms with Crippen molar-refractivity contribution >= 4 is 17.7 Å². The summed E-state index contributed by atoms with van der Waals surface area (Å²) < 4.78 is 19.0. The molecule has 0 radical (unpaired) electrons. The van der Waals surface area contributed by atoms with E-state index in [1.165, 1.54) is 17.7 Å². The van der Waals surface area contributed by atoms with Crippen molar-refractivity contribution in [2.45, 2.75) is 51.0 Å². The predicted octanol–water partition coefficient (Wildman–Crippen LogP) is 3.88. The summed E-state index contributed by atoms with van der Waals surface area (Å²) >= 11 is 0. The molecule has 4 rings (SSSR count). The first-order valence-corrected chi connectivity index (χ1v) is 14.2. The fourth-order valence-corrected chi connectivity index (χ4v) is 4.78. The lowest BCUT2D eigenvalue weighted by Gasteiger charge is -2.24. The molecule has 10 heteroatoms. The van der Waals surface area contributed by atoms with E-state index in [-0.39, 0.29) is 12.8 Å². The number of unbranched alkanes of at least 4 members (excludes halogenated alkanes) is 1. The Balaban J connectivity index is 1.28. The number of halogens is 1. The SMILES string of the molecule is O=C(Cc1ccc(F)cn1)N[C@@H](CCN(CCCCc1ccc2c(n1)NCCC2)CCOc1ccccc1)C(=O)O. The number of amides is 1. The number of hydrogen-bond donors (Lipinski definition) is 3. The number of fused-ring (bicyclic) bond motifs is 1. The predicted molar refractivity (Wildman–Crippen MR) is 154 cm³/mol. The molecule has 1 atom stereocenters. The van der Waals surface area contributed by atoms with Crippen LogP contribution < -0.4 is 15.4 Å². The zero-order valence-corrected chi connectivity index (χ0v) is 23.2. The third-order valence-corrected chi connectivity index (χ3v) is 7.03. The molecule has 0 aliphatic carbocycles. The van der Waals surface area contributed by atoms with Crippen molar-refractivity contribution in [1.29, 1.82) is 0 Å². The Bertz CT molecular complexity index is 1260. The van der Waals surface area contributed by atoms with E-state index in [9.17, 15) is 19.1 Å². The van der Waals surface area contributed by atoms with Gasteiger partial charge in [0, 0.05) is 31.0 Å². The van der Waals surface area contributed by atoms with Crippen molar-refractivity contribution in [3.05, 3.63) is 83.6 Å². The van der Waals surface area contributed by atoms with Gasteiger partial charge in [-0.25, -0.2) is 14.2 Å². The average molecular weight is 564 g/mol. The van der Waals surface area contributed by atoms with Crippen molar-refractivity contribution in [2.24, 2.45) is 0 Å². The fourth-order valence-electron chi connectivity index (χ4n) is 4.78. The van der Waals surface area contributed by atoms with Gasteiger partial charge in [-0.3, -0.25) is 14.7 Å². The smallest absolute Gasteiger partial charge is 0.326 e. The van der Waals surface area contributed by atoms with Crippen molar-refractivity contribution < 1.29 is 23.8 Å². The number of carbonyl (C=O) groups excluding carboxylic acids is 1. The summed E-state index contributed by atoms with van der Waals surface area (Å²) in [7, 11) is 0. The van der Waals surface area contributed by atoms with Gasteiger partial charge < -0.3 is 20.5 Å². The van der Waals surface area contributed by atoms with E-state index in [4.69, 9.17) is 9.72 Å². The zero-order valence-electron chi connectivity index (χ0n) is 23.2. The van der Waals surface area contributed by atoms with Crippen LogP contribution in [0.2, 0.25) is 0 Å². The van der Waals surface area contributed by atoms with Gasteiger partial charge in [-0.05, 0) is 81.0 Å². The highest BCUT2D eigenvalue weighted by Gasteiger charge is 2.21. The molecule has 3 heterocycles. The summed E-state index contributed by atoms with van der Waals surface area (Å²) in [6.07, 6.45) is 6.09. The van der Waals surface area contributed by atoms with E-state index in [1.54, 1.807) is 0 Å². The van der Waals surface area contributed by atoms with Crippen LogP contribution in [0.1, 0.15) is 42.6 Å². The van der Waals surface area contributed by atoms with Gasteiger partial charge in [-0.15, -0.1) is 0 Å². The van der Waals surface area contributed by atoms with E-state index in [2.05, 4.69) is 32.7 Å². The maximum absolute atomic E-state index is 13.1. The van der Waals surface area contributed by atoms with E-state index >= 15 is 0 Å². The fraction of sp³-hybridized carbons (Fsp3) is 0.419. The molecule has 1 aliphatic heterocycles. The van der Waals surface area contributed by atoms with Crippen LogP contribution >= 0.6 is 0 Å². The molecule has 0 saturated heterocycles. The van der Waals surface area contributed by atoms with Crippen molar-refractivity contribution in [3.8, 4) is 5.75 Å². The molecule has 3 N–H and O–H groups in total. The number of carboxylic acid groups (broad SMARTS) is 1. The number of pyridine rings is 2. The summed E-state index contributed by atoms with van der Waals surface area (Å²) in [6.45, 7) is 3.29. The number of carbonyl (C=O) groups is 2. The Labute approximate surface area is 240 Å². The Morgan fingerprint density at radius 1 is 1.05 bits per heavy atom. The number of aromatic nitrogens is 2. The lowest BCUT2D eigenvalue weighted by molar-refractivity contribution is -0.142. The van der Waals surface area contributed by atoms with Crippen LogP contribution in [0.4, 0.5) is 10.2 Å². The molecule has 218 valence electrons. The second-order valence-electron chi connectivity index (χ2n) is 10.2. The topological polar surface area (TPSA) is 117 Å². The molecule has 0 bridgehead atoms. The summed E-state index contributed by atoms with van der Waals surface area (Å²) in [6, 6.07) is 15.4. The molecule has 41 heavy (non-hydrogen) atoms. The number of aliphatic carboxylic acids is 1. The molecule has 3 aromatic rings. The number of nitrogens with one attached hydrogen (secondary N) is 2. The maximum Gasteiger partial charge on any atom is 0.326 e. The average Bonchev–Trinajstić information content (AvgIpc) is 2.98. The van der Waals surface area contributed by atoms with E-state index < -0.39 is 23.7 Å². The second-order valence-corrected chi connectivity index (χ2v) is 10.2.